The minimum absolute atomic E-state index is 0.0265. The molecular weight excluding hydrogens is 254 g/mol. The van der Waals surface area contributed by atoms with Crippen molar-refractivity contribution in [2.24, 2.45) is 0 Å². The maximum absolute atomic E-state index is 12.1. The molecular formula is C15H23N3O2. The predicted octanol–water partition coefficient (Wildman–Crippen LogP) is 1.32. The maximum atomic E-state index is 12.1. The highest BCUT2D eigenvalue weighted by Gasteiger charge is 2.25. The normalized spacial score (nSPS) is 14.9. The Kier molecular flexibility index (Phi) is 5.38. The van der Waals surface area contributed by atoms with Crippen LogP contribution in [-0.2, 0) is 4.79 Å². The van der Waals surface area contributed by atoms with Crippen LogP contribution in [0.15, 0.2) is 24.3 Å². The van der Waals surface area contributed by atoms with Gasteiger partial charge in [-0.1, -0.05) is 13.0 Å². The summed E-state index contributed by atoms with van der Waals surface area (Å²) in [5, 5.41) is 6.18. The van der Waals surface area contributed by atoms with E-state index in [0.29, 0.717) is 12.6 Å². The summed E-state index contributed by atoms with van der Waals surface area (Å²) < 4.78 is 5.15. The van der Waals surface area contributed by atoms with E-state index in [2.05, 4.69) is 22.5 Å². The Morgan fingerprint density at radius 1 is 1.50 bits per heavy atom. The van der Waals surface area contributed by atoms with Crippen LogP contribution in [0.3, 0.4) is 0 Å². The van der Waals surface area contributed by atoms with Gasteiger partial charge >= 0.3 is 0 Å². The van der Waals surface area contributed by atoms with Gasteiger partial charge in [0.2, 0.25) is 5.91 Å². The lowest BCUT2D eigenvalue weighted by Gasteiger charge is -2.37. The molecule has 1 saturated heterocycles. The standard InChI is InChI=1S/C15H23N3O2/c1-3-7-18(13-9-16-10-13)11-15(19)17-12-5-4-6-14(8-12)20-2/h4-6,8,13,16H,3,7,9-11H2,1-2H3,(H,17,19). The number of amides is 1. The van der Waals surface area contributed by atoms with E-state index in [1.165, 1.54) is 0 Å². The van der Waals surface area contributed by atoms with Crippen LogP contribution in [0.4, 0.5) is 5.69 Å². The molecule has 1 amide bonds. The maximum Gasteiger partial charge on any atom is 0.238 e. The second-order valence-corrected chi connectivity index (χ2v) is 5.06. The van der Waals surface area contributed by atoms with Gasteiger partial charge in [0.25, 0.3) is 0 Å². The minimum atomic E-state index is 0.0265. The zero-order chi connectivity index (χ0) is 14.4. The van der Waals surface area contributed by atoms with E-state index >= 15 is 0 Å². The van der Waals surface area contributed by atoms with Crippen LogP contribution < -0.4 is 15.4 Å². The number of hydrogen-bond acceptors (Lipinski definition) is 4. The molecule has 0 aliphatic carbocycles. The first-order valence-electron chi connectivity index (χ1n) is 7.11. The van der Waals surface area contributed by atoms with Gasteiger partial charge in [0.05, 0.1) is 13.7 Å². The van der Waals surface area contributed by atoms with Crippen molar-refractivity contribution >= 4 is 11.6 Å². The van der Waals surface area contributed by atoms with Crippen LogP contribution in [0, 0.1) is 0 Å². The third kappa shape index (κ3) is 3.95. The Morgan fingerprint density at radius 2 is 2.30 bits per heavy atom. The van der Waals surface area contributed by atoms with Crippen molar-refractivity contribution in [3.8, 4) is 5.75 Å². The summed E-state index contributed by atoms with van der Waals surface area (Å²) in [6.07, 6.45) is 1.06. The summed E-state index contributed by atoms with van der Waals surface area (Å²) in [6.45, 7) is 5.49. The molecule has 5 heteroatoms. The Balaban J connectivity index is 1.89. The van der Waals surface area contributed by atoms with E-state index < -0.39 is 0 Å². The van der Waals surface area contributed by atoms with Gasteiger partial charge in [0.1, 0.15) is 5.75 Å². The molecule has 1 aromatic rings. The number of ether oxygens (including phenoxy) is 1. The van der Waals surface area contributed by atoms with Gasteiger partial charge in [-0.05, 0) is 25.1 Å². The summed E-state index contributed by atoms with van der Waals surface area (Å²) in [6, 6.07) is 7.92. The van der Waals surface area contributed by atoms with Crippen molar-refractivity contribution in [1.29, 1.82) is 0 Å². The summed E-state index contributed by atoms with van der Waals surface area (Å²) >= 11 is 0. The van der Waals surface area contributed by atoms with Crippen molar-refractivity contribution in [1.82, 2.24) is 10.2 Å². The van der Waals surface area contributed by atoms with Gasteiger partial charge in [-0.2, -0.15) is 0 Å². The van der Waals surface area contributed by atoms with Crippen molar-refractivity contribution in [3.63, 3.8) is 0 Å². The average Bonchev–Trinajstić information content (AvgIpc) is 2.37. The first-order valence-corrected chi connectivity index (χ1v) is 7.11. The molecule has 1 heterocycles. The van der Waals surface area contributed by atoms with Crippen molar-refractivity contribution in [3.05, 3.63) is 24.3 Å². The molecule has 20 heavy (non-hydrogen) atoms. The molecule has 110 valence electrons. The predicted molar refractivity (Wildman–Crippen MR) is 80.1 cm³/mol. The lowest BCUT2D eigenvalue weighted by molar-refractivity contribution is -0.118. The SMILES string of the molecule is CCCN(CC(=O)Nc1cccc(OC)c1)C1CNC1. The van der Waals surface area contributed by atoms with E-state index in [9.17, 15) is 4.79 Å². The number of hydrogen-bond donors (Lipinski definition) is 2. The fourth-order valence-corrected chi connectivity index (χ4v) is 2.30. The minimum Gasteiger partial charge on any atom is -0.497 e. The molecule has 5 nitrogen and oxygen atoms in total. The largest absolute Gasteiger partial charge is 0.497 e. The zero-order valence-electron chi connectivity index (χ0n) is 12.2. The summed E-state index contributed by atoms with van der Waals surface area (Å²) in [4.78, 5) is 14.4. The van der Waals surface area contributed by atoms with E-state index in [-0.39, 0.29) is 5.91 Å². The molecule has 2 N–H and O–H groups in total. The lowest BCUT2D eigenvalue weighted by atomic mass is 10.1. The first kappa shape index (κ1) is 14.8. The van der Waals surface area contributed by atoms with Gasteiger partial charge in [-0.3, -0.25) is 9.69 Å². The van der Waals surface area contributed by atoms with Gasteiger partial charge in [0, 0.05) is 30.9 Å². The highest BCUT2D eigenvalue weighted by atomic mass is 16.5. The van der Waals surface area contributed by atoms with E-state index in [1.807, 2.05) is 24.3 Å². The molecule has 0 unspecified atom stereocenters. The van der Waals surface area contributed by atoms with Gasteiger partial charge in [0.15, 0.2) is 0 Å². The number of benzene rings is 1. The fourth-order valence-electron chi connectivity index (χ4n) is 2.30. The van der Waals surface area contributed by atoms with Crippen LogP contribution in [0.5, 0.6) is 5.75 Å². The molecule has 0 spiro atoms. The lowest BCUT2D eigenvalue weighted by Crippen LogP contribution is -2.58. The quantitative estimate of drug-likeness (QED) is 0.789. The third-order valence-electron chi connectivity index (χ3n) is 3.49. The van der Waals surface area contributed by atoms with Gasteiger partial charge in [-0.25, -0.2) is 0 Å². The van der Waals surface area contributed by atoms with Gasteiger partial charge in [-0.15, -0.1) is 0 Å². The second-order valence-electron chi connectivity index (χ2n) is 5.06. The van der Waals surface area contributed by atoms with E-state index in [1.54, 1.807) is 7.11 Å². The number of nitrogens with one attached hydrogen (secondary N) is 2. The number of methoxy groups -OCH3 is 1. The molecule has 1 aromatic carbocycles. The van der Waals surface area contributed by atoms with Crippen LogP contribution in [0.1, 0.15) is 13.3 Å². The molecule has 1 aliphatic heterocycles. The van der Waals surface area contributed by atoms with Crippen molar-refractivity contribution in [2.45, 2.75) is 19.4 Å². The molecule has 0 bridgehead atoms. The van der Waals surface area contributed by atoms with Crippen LogP contribution in [0.2, 0.25) is 0 Å². The van der Waals surface area contributed by atoms with Crippen LogP contribution in [-0.4, -0.2) is 50.1 Å². The topological polar surface area (TPSA) is 53.6 Å². The number of carbonyl (C=O) groups excluding carboxylic acids is 1. The van der Waals surface area contributed by atoms with E-state index in [4.69, 9.17) is 4.74 Å². The monoisotopic (exact) mass is 277 g/mol. The number of anilines is 1. The number of carbonyl (C=O) groups is 1. The molecule has 0 aromatic heterocycles. The van der Waals surface area contributed by atoms with Crippen LogP contribution in [0.25, 0.3) is 0 Å². The summed E-state index contributed by atoms with van der Waals surface area (Å²) in [7, 11) is 1.62. The Labute approximate surface area is 120 Å². The Hall–Kier alpha value is -1.59. The molecule has 1 fully saturated rings. The summed E-state index contributed by atoms with van der Waals surface area (Å²) in [5.41, 5.74) is 0.775. The second kappa shape index (κ2) is 7.26. The van der Waals surface area contributed by atoms with Crippen molar-refractivity contribution < 1.29 is 9.53 Å². The first-order chi connectivity index (χ1) is 9.72. The number of rotatable bonds is 7. The van der Waals surface area contributed by atoms with Crippen molar-refractivity contribution in [2.75, 3.05) is 38.6 Å². The Morgan fingerprint density at radius 3 is 2.90 bits per heavy atom. The third-order valence-corrected chi connectivity index (χ3v) is 3.49. The smallest absolute Gasteiger partial charge is 0.238 e. The van der Waals surface area contributed by atoms with Gasteiger partial charge < -0.3 is 15.4 Å². The molecule has 2 rings (SSSR count). The Bertz CT molecular complexity index is 446. The molecule has 0 saturated carbocycles. The van der Waals surface area contributed by atoms with Crippen LogP contribution >= 0.6 is 0 Å². The highest BCUT2D eigenvalue weighted by molar-refractivity contribution is 5.92. The number of nitrogens with zero attached hydrogens (tertiary/aromatic N) is 1. The highest BCUT2D eigenvalue weighted by Crippen LogP contribution is 2.16. The van der Waals surface area contributed by atoms with E-state index in [0.717, 1.165) is 37.5 Å². The fraction of sp³-hybridized carbons (Fsp3) is 0.533. The molecule has 0 atom stereocenters. The summed E-state index contributed by atoms with van der Waals surface area (Å²) in [5.74, 6) is 0.773. The average molecular weight is 277 g/mol. The molecule has 0 radical (unpaired) electrons. The zero-order valence-corrected chi connectivity index (χ0v) is 12.2. The molecule has 1 aliphatic rings.